The van der Waals surface area contributed by atoms with Crippen LogP contribution in [0.4, 0.5) is 4.39 Å². The number of carbonyl (C=O) groups is 1. The zero-order chi connectivity index (χ0) is 23.6. The van der Waals surface area contributed by atoms with Crippen LogP contribution in [0, 0.1) is 11.7 Å². The van der Waals surface area contributed by atoms with Gasteiger partial charge in [-0.1, -0.05) is 12.1 Å². The molecule has 0 spiro atoms. The summed E-state index contributed by atoms with van der Waals surface area (Å²) in [5, 5.41) is 2.88. The lowest BCUT2D eigenvalue weighted by atomic mass is 9.97. The minimum Gasteiger partial charge on any atom is -0.488 e. The second kappa shape index (κ2) is 9.30. The minimum atomic E-state index is -3.69. The van der Waals surface area contributed by atoms with Gasteiger partial charge in [-0.2, -0.15) is 4.31 Å². The number of halogens is 1. The average molecular weight is 477 g/mol. The van der Waals surface area contributed by atoms with E-state index in [1.54, 1.807) is 0 Å². The van der Waals surface area contributed by atoms with E-state index >= 15 is 0 Å². The van der Waals surface area contributed by atoms with E-state index in [0.29, 0.717) is 31.7 Å². The number of sulfonamides is 1. The summed E-state index contributed by atoms with van der Waals surface area (Å²) >= 11 is 0. The van der Waals surface area contributed by atoms with Crippen LogP contribution in [0.1, 0.15) is 32.3 Å². The number of benzene rings is 2. The number of piperidine rings is 1. The summed E-state index contributed by atoms with van der Waals surface area (Å²) < 4.78 is 51.7. The van der Waals surface area contributed by atoms with Crippen LogP contribution < -0.4 is 14.8 Å². The summed E-state index contributed by atoms with van der Waals surface area (Å²) in [6, 6.07) is 10.6. The van der Waals surface area contributed by atoms with Crippen molar-refractivity contribution in [1.82, 2.24) is 9.62 Å². The molecule has 1 saturated heterocycles. The molecule has 7 nitrogen and oxygen atoms in total. The summed E-state index contributed by atoms with van der Waals surface area (Å²) in [6.45, 7) is 5.22. The SMILES string of the molecule is CC1(C)Cc2cccc(OCCNC(=O)C3CCN(S(=O)(=O)c4ccc(F)cc4)CC3)c2O1. The molecule has 1 N–H and O–H groups in total. The smallest absolute Gasteiger partial charge is 0.243 e. The molecule has 0 saturated carbocycles. The first-order valence-corrected chi connectivity index (χ1v) is 12.6. The maximum Gasteiger partial charge on any atom is 0.243 e. The van der Waals surface area contributed by atoms with Gasteiger partial charge in [0.2, 0.25) is 15.9 Å². The van der Waals surface area contributed by atoms with Crippen molar-refractivity contribution >= 4 is 15.9 Å². The van der Waals surface area contributed by atoms with Gasteiger partial charge in [0.15, 0.2) is 11.5 Å². The average Bonchev–Trinajstić information content (AvgIpc) is 3.11. The maximum absolute atomic E-state index is 13.1. The van der Waals surface area contributed by atoms with Crippen LogP contribution in [-0.2, 0) is 21.2 Å². The molecule has 0 radical (unpaired) electrons. The highest BCUT2D eigenvalue weighted by molar-refractivity contribution is 7.89. The molecule has 178 valence electrons. The van der Waals surface area contributed by atoms with Gasteiger partial charge in [-0.15, -0.1) is 0 Å². The standard InChI is InChI=1S/C24H29FN2O5S/c1-24(2)16-18-4-3-5-21(22(18)32-24)31-15-12-26-23(28)17-10-13-27(14-11-17)33(29,30)20-8-6-19(25)7-9-20/h3-9,17H,10-16H2,1-2H3,(H,26,28). The number of nitrogens with zero attached hydrogens (tertiary/aromatic N) is 1. The van der Waals surface area contributed by atoms with Gasteiger partial charge in [0.1, 0.15) is 18.0 Å². The molecule has 2 aromatic carbocycles. The maximum atomic E-state index is 13.1. The van der Waals surface area contributed by atoms with Crippen molar-refractivity contribution in [3.63, 3.8) is 0 Å². The zero-order valence-electron chi connectivity index (χ0n) is 18.8. The van der Waals surface area contributed by atoms with Gasteiger partial charge >= 0.3 is 0 Å². The molecule has 2 aromatic rings. The Labute approximate surface area is 193 Å². The molecule has 33 heavy (non-hydrogen) atoms. The summed E-state index contributed by atoms with van der Waals surface area (Å²) in [5.41, 5.74) is 0.860. The van der Waals surface area contributed by atoms with Gasteiger partial charge < -0.3 is 14.8 Å². The summed E-state index contributed by atoms with van der Waals surface area (Å²) in [4.78, 5) is 12.6. The highest BCUT2D eigenvalue weighted by Gasteiger charge is 2.33. The molecular weight excluding hydrogens is 447 g/mol. The van der Waals surface area contributed by atoms with E-state index in [0.717, 1.165) is 29.9 Å². The number of carbonyl (C=O) groups excluding carboxylic acids is 1. The summed E-state index contributed by atoms with van der Waals surface area (Å²) in [6.07, 6.45) is 1.69. The molecule has 0 aromatic heterocycles. The van der Waals surface area contributed by atoms with Gasteiger partial charge in [0.25, 0.3) is 0 Å². The number of ether oxygens (including phenoxy) is 2. The van der Waals surface area contributed by atoms with E-state index < -0.39 is 15.8 Å². The third kappa shape index (κ3) is 5.30. The fraction of sp³-hybridized carbons (Fsp3) is 0.458. The van der Waals surface area contributed by atoms with Crippen molar-refractivity contribution in [2.45, 2.75) is 43.6 Å². The molecule has 0 unspecified atom stereocenters. The Morgan fingerprint density at radius 2 is 1.88 bits per heavy atom. The van der Waals surface area contributed by atoms with Gasteiger partial charge in [-0.25, -0.2) is 12.8 Å². The monoisotopic (exact) mass is 476 g/mol. The number of rotatable bonds is 7. The second-order valence-electron chi connectivity index (χ2n) is 9.05. The summed E-state index contributed by atoms with van der Waals surface area (Å²) in [7, 11) is -3.69. The van der Waals surface area contributed by atoms with Gasteiger partial charge in [-0.05, 0) is 57.0 Å². The number of nitrogens with one attached hydrogen (secondary N) is 1. The van der Waals surface area contributed by atoms with Gasteiger partial charge in [0.05, 0.1) is 11.4 Å². The molecule has 0 bridgehead atoms. The third-order valence-electron chi connectivity index (χ3n) is 5.99. The highest BCUT2D eigenvalue weighted by Crippen LogP contribution is 2.41. The van der Waals surface area contributed by atoms with Crippen molar-refractivity contribution in [3.8, 4) is 11.5 Å². The Hall–Kier alpha value is -2.65. The molecular formula is C24H29FN2O5S. The first-order chi connectivity index (χ1) is 15.7. The highest BCUT2D eigenvalue weighted by atomic mass is 32.2. The van der Waals surface area contributed by atoms with Crippen LogP contribution in [0.2, 0.25) is 0 Å². The topological polar surface area (TPSA) is 84.9 Å². The Bertz CT molecular complexity index is 1110. The molecule has 0 aliphatic carbocycles. The number of fused-ring (bicyclic) bond motifs is 1. The Morgan fingerprint density at radius 1 is 1.18 bits per heavy atom. The second-order valence-corrected chi connectivity index (χ2v) is 11.0. The molecule has 2 aliphatic rings. The lowest BCUT2D eigenvalue weighted by Gasteiger charge is -2.30. The van der Waals surface area contributed by atoms with Crippen LogP contribution >= 0.6 is 0 Å². The molecule has 2 heterocycles. The van der Waals surface area contributed by atoms with E-state index in [2.05, 4.69) is 5.32 Å². The van der Waals surface area contributed by atoms with Crippen molar-refractivity contribution in [2.75, 3.05) is 26.2 Å². The first kappa shape index (κ1) is 23.5. The third-order valence-corrected chi connectivity index (χ3v) is 7.90. The van der Waals surface area contributed by atoms with Crippen molar-refractivity contribution < 1.29 is 27.1 Å². The van der Waals surface area contributed by atoms with Crippen molar-refractivity contribution in [1.29, 1.82) is 0 Å². The van der Waals surface area contributed by atoms with Gasteiger partial charge in [0, 0.05) is 31.0 Å². The fourth-order valence-electron chi connectivity index (χ4n) is 4.29. The van der Waals surface area contributed by atoms with E-state index in [-0.39, 0.29) is 35.4 Å². The Morgan fingerprint density at radius 3 is 2.58 bits per heavy atom. The van der Waals surface area contributed by atoms with Crippen LogP contribution in [0.15, 0.2) is 47.4 Å². The minimum absolute atomic E-state index is 0.0590. The van der Waals surface area contributed by atoms with E-state index in [4.69, 9.17) is 9.47 Å². The fourth-order valence-corrected chi connectivity index (χ4v) is 5.76. The summed E-state index contributed by atoms with van der Waals surface area (Å²) in [5.74, 6) is 0.597. The largest absolute Gasteiger partial charge is 0.488 e. The quantitative estimate of drug-likeness (QED) is 0.621. The number of hydrogen-bond acceptors (Lipinski definition) is 5. The lowest BCUT2D eigenvalue weighted by molar-refractivity contribution is -0.126. The number of amides is 1. The van der Waals surface area contributed by atoms with E-state index in [1.807, 2.05) is 32.0 Å². The van der Waals surface area contributed by atoms with E-state index in [9.17, 15) is 17.6 Å². The van der Waals surface area contributed by atoms with E-state index in [1.165, 1.54) is 16.4 Å². The molecule has 2 aliphatic heterocycles. The lowest BCUT2D eigenvalue weighted by Crippen LogP contribution is -2.43. The van der Waals surface area contributed by atoms with Crippen LogP contribution in [0.5, 0.6) is 11.5 Å². The van der Waals surface area contributed by atoms with Gasteiger partial charge in [-0.3, -0.25) is 4.79 Å². The molecule has 1 fully saturated rings. The van der Waals surface area contributed by atoms with Crippen LogP contribution in [0.3, 0.4) is 0 Å². The predicted octanol–water partition coefficient (Wildman–Crippen LogP) is 3.14. The molecule has 1 amide bonds. The Balaban J connectivity index is 1.23. The number of hydrogen-bond donors (Lipinski definition) is 1. The Kier molecular flexibility index (Phi) is 6.63. The molecule has 9 heteroatoms. The predicted molar refractivity (Wildman–Crippen MR) is 121 cm³/mol. The normalized spacial score (nSPS) is 18.4. The first-order valence-electron chi connectivity index (χ1n) is 11.1. The molecule has 4 rings (SSSR count). The van der Waals surface area contributed by atoms with Crippen LogP contribution in [0.25, 0.3) is 0 Å². The van der Waals surface area contributed by atoms with Crippen LogP contribution in [-0.4, -0.2) is 50.5 Å². The zero-order valence-corrected chi connectivity index (χ0v) is 19.7. The molecule has 0 atom stereocenters. The van der Waals surface area contributed by atoms with Crippen molar-refractivity contribution in [2.24, 2.45) is 5.92 Å². The number of para-hydroxylation sites is 1. The van der Waals surface area contributed by atoms with Crippen molar-refractivity contribution in [3.05, 3.63) is 53.8 Å².